The third-order valence-electron chi connectivity index (χ3n) is 2.61. The Morgan fingerprint density at radius 3 is 2.35 bits per heavy atom. The number of nitrogens with two attached hydrogens (primary N) is 1. The maximum Gasteiger partial charge on any atom is 0.255 e. The van der Waals surface area contributed by atoms with Crippen LogP contribution in [0.15, 0.2) is 36.4 Å². The van der Waals surface area contributed by atoms with Gasteiger partial charge >= 0.3 is 0 Å². The van der Waals surface area contributed by atoms with E-state index in [2.05, 4.69) is 10.3 Å². The highest BCUT2D eigenvalue weighted by molar-refractivity contribution is 6.29. The summed E-state index contributed by atoms with van der Waals surface area (Å²) in [5.74, 6) is -0.816. The Morgan fingerprint density at radius 1 is 1.15 bits per heavy atom. The molecule has 0 saturated carbocycles. The summed E-state index contributed by atoms with van der Waals surface area (Å²) in [6.45, 7) is 1.75. The Bertz CT molecular complexity index is 648. The molecule has 20 heavy (non-hydrogen) atoms. The SMILES string of the molecule is Cc1cc(C(=O)Nc2ccc(C(N)=O)cc2)cc(Cl)n1. The molecule has 0 spiro atoms. The number of primary amides is 1. The number of nitrogens with one attached hydrogen (secondary N) is 1. The minimum atomic E-state index is -0.514. The Morgan fingerprint density at radius 2 is 1.80 bits per heavy atom. The van der Waals surface area contributed by atoms with Crippen molar-refractivity contribution >= 4 is 29.1 Å². The van der Waals surface area contributed by atoms with Gasteiger partial charge in [0.1, 0.15) is 5.15 Å². The van der Waals surface area contributed by atoms with Crippen LogP contribution in [0.5, 0.6) is 0 Å². The summed E-state index contributed by atoms with van der Waals surface area (Å²) >= 11 is 5.81. The number of rotatable bonds is 3. The molecule has 0 fully saturated rings. The molecule has 2 aromatic rings. The van der Waals surface area contributed by atoms with Crippen molar-refractivity contribution in [2.75, 3.05) is 5.32 Å². The number of nitrogens with zero attached hydrogens (tertiary/aromatic N) is 1. The quantitative estimate of drug-likeness (QED) is 0.851. The normalized spacial score (nSPS) is 10.1. The fourth-order valence-corrected chi connectivity index (χ4v) is 1.93. The standard InChI is InChI=1S/C14H12ClN3O2/c1-8-6-10(7-12(15)17-8)14(20)18-11-4-2-9(3-5-11)13(16)19/h2-7H,1H3,(H2,16,19)(H,18,20). The molecule has 6 heteroatoms. The summed E-state index contributed by atoms with van der Waals surface area (Å²) in [4.78, 5) is 27.0. The van der Waals surface area contributed by atoms with Gasteiger partial charge in [-0.15, -0.1) is 0 Å². The molecular formula is C14H12ClN3O2. The number of anilines is 1. The number of carbonyl (C=O) groups is 2. The van der Waals surface area contributed by atoms with Crippen molar-refractivity contribution in [2.45, 2.75) is 6.92 Å². The fraction of sp³-hybridized carbons (Fsp3) is 0.0714. The minimum Gasteiger partial charge on any atom is -0.366 e. The zero-order chi connectivity index (χ0) is 14.7. The summed E-state index contributed by atoms with van der Waals surface area (Å²) in [6.07, 6.45) is 0. The van der Waals surface area contributed by atoms with E-state index in [0.29, 0.717) is 22.5 Å². The van der Waals surface area contributed by atoms with Gasteiger partial charge < -0.3 is 11.1 Å². The topological polar surface area (TPSA) is 85.1 Å². The van der Waals surface area contributed by atoms with Crippen LogP contribution in [0.1, 0.15) is 26.4 Å². The largest absolute Gasteiger partial charge is 0.366 e. The molecule has 1 aromatic carbocycles. The van der Waals surface area contributed by atoms with E-state index in [9.17, 15) is 9.59 Å². The second kappa shape index (κ2) is 5.71. The van der Waals surface area contributed by atoms with Gasteiger partial charge in [0.05, 0.1) is 0 Å². The van der Waals surface area contributed by atoms with E-state index in [1.807, 2.05) is 0 Å². The number of hydrogen-bond donors (Lipinski definition) is 2. The van der Waals surface area contributed by atoms with Crippen LogP contribution >= 0.6 is 11.6 Å². The van der Waals surface area contributed by atoms with Crippen LogP contribution in [-0.4, -0.2) is 16.8 Å². The van der Waals surface area contributed by atoms with Gasteiger partial charge in [0.25, 0.3) is 5.91 Å². The van der Waals surface area contributed by atoms with Crippen molar-refractivity contribution in [1.82, 2.24) is 4.98 Å². The van der Waals surface area contributed by atoms with E-state index < -0.39 is 5.91 Å². The van der Waals surface area contributed by atoms with Crippen molar-refractivity contribution in [1.29, 1.82) is 0 Å². The first-order valence-corrected chi connectivity index (χ1v) is 6.19. The molecular weight excluding hydrogens is 278 g/mol. The Labute approximate surface area is 120 Å². The number of aromatic nitrogens is 1. The van der Waals surface area contributed by atoms with E-state index in [4.69, 9.17) is 17.3 Å². The van der Waals surface area contributed by atoms with Gasteiger partial charge in [-0.1, -0.05) is 11.6 Å². The molecule has 5 nitrogen and oxygen atoms in total. The summed E-state index contributed by atoms with van der Waals surface area (Å²) in [7, 11) is 0. The van der Waals surface area contributed by atoms with E-state index >= 15 is 0 Å². The number of halogens is 1. The third kappa shape index (κ3) is 3.33. The zero-order valence-electron chi connectivity index (χ0n) is 10.7. The Hall–Kier alpha value is -2.40. The van der Waals surface area contributed by atoms with Crippen molar-refractivity contribution in [3.8, 4) is 0 Å². The molecule has 102 valence electrons. The smallest absolute Gasteiger partial charge is 0.255 e. The molecule has 0 aliphatic carbocycles. The molecule has 2 amide bonds. The number of hydrogen-bond acceptors (Lipinski definition) is 3. The predicted octanol–water partition coefficient (Wildman–Crippen LogP) is 2.39. The summed E-state index contributed by atoms with van der Waals surface area (Å²) in [5, 5.41) is 2.96. The molecule has 0 aliphatic heterocycles. The summed E-state index contributed by atoms with van der Waals surface area (Å²) in [5.41, 5.74) is 7.16. The minimum absolute atomic E-state index is 0.263. The van der Waals surface area contributed by atoms with Gasteiger partial charge in [-0.05, 0) is 43.3 Å². The van der Waals surface area contributed by atoms with E-state index in [-0.39, 0.29) is 11.1 Å². The van der Waals surface area contributed by atoms with Crippen LogP contribution in [-0.2, 0) is 0 Å². The van der Waals surface area contributed by atoms with E-state index in [1.165, 1.54) is 6.07 Å². The maximum absolute atomic E-state index is 12.0. The van der Waals surface area contributed by atoms with Crippen molar-refractivity contribution < 1.29 is 9.59 Å². The van der Waals surface area contributed by atoms with E-state index in [0.717, 1.165) is 0 Å². The molecule has 0 unspecified atom stereocenters. The highest BCUT2D eigenvalue weighted by atomic mass is 35.5. The lowest BCUT2D eigenvalue weighted by Crippen LogP contribution is -2.13. The highest BCUT2D eigenvalue weighted by Crippen LogP contribution is 2.14. The second-order valence-corrected chi connectivity index (χ2v) is 4.60. The van der Waals surface area contributed by atoms with Gasteiger partial charge in [0.15, 0.2) is 0 Å². The summed E-state index contributed by atoms with van der Waals surface area (Å²) < 4.78 is 0. The first kappa shape index (κ1) is 14.0. The van der Waals surface area contributed by atoms with Crippen LogP contribution in [0.2, 0.25) is 5.15 Å². The first-order chi connectivity index (χ1) is 9.45. The molecule has 1 heterocycles. The average molecular weight is 290 g/mol. The predicted molar refractivity (Wildman–Crippen MR) is 76.9 cm³/mol. The maximum atomic E-state index is 12.0. The third-order valence-corrected chi connectivity index (χ3v) is 2.81. The van der Waals surface area contributed by atoms with Crippen LogP contribution < -0.4 is 11.1 Å². The van der Waals surface area contributed by atoms with Gasteiger partial charge in [-0.25, -0.2) is 4.98 Å². The number of carbonyl (C=O) groups excluding carboxylic acids is 2. The number of pyridine rings is 1. The number of aryl methyl sites for hydroxylation is 1. The second-order valence-electron chi connectivity index (χ2n) is 4.22. The van der Waals surface area contributed by atoms with Gasteiger partial charge in [-0.3, -0.25) is 9.59 Å². The van der Waals surface area contributed by atoms with Crippen LogP contribution in [0.4, 0.5) is 5.69 Å². The van der Waals surface area contributed by atoms with Gasteiger partial charge in [0.2, 0.25) is 5.91 Å². The fourth-order valence-electron chi connectivity index (χ4n) is 1.68. The molecule has 0 saturated heterocycles. The van der Waals surface area contributed by atoms with Crippen molar-refractivity contribution in [3.63, 3.8) is 0 Å². The zero-order valence-corrected chi connectivity index (χ0v) is 11.4. The lowest BCUT2D eigenvalue weighted by molar-refractivity contribution is 0.0998. The molecule has 2 rings (SSSR count). The molecule has 0 radical (unpaired) electrons. The lowest BCUT2D eigenvalue weighted by Gasteiger charge is -2.06. The average Bonchev–Trinajstić information content (AvgIpc) is 2.38. The van der Waals surface area contributed by atoms with Gasteiger partial charge in [0, 0.05) is 22.5 Å². The van der Waals surface area contributed by atoms with Crippen molar-refractivity contribution in [2.24, 2.45) is 5.73 Å². The van der Waals surface area contributed by atoms with Crippen LogP contribution in [0.3, 0.4) is 0 Å². The Balaban J connectivity index is 2.16. The molecule has 3 N–H and O–H groups in total. The molecule has 0 bridgehead atoms. The van der Waals surface area contributed by atoms with Crippen LogP contribution in [0, 0.1) is 6.92 Å². The number of benzene rings is 1. The summed E-state index contributed by atoms with van der Waals surface area (Å²) in [6, 6.07) is 9.42. The monoisotopic (exact) mass is 289 g/mol. The first-order valence-electron chi connectivity index (χ1n) is 5.81. The molecule has 1 aromatic heterocycles. The molecule has 0 aliphatic rings. The Kier molecular flexibility index (Phi) is 4.00. The lowest BCUT2D eigenvalue weighted by atomic mass is 10.2. The number of amides is 2. The van der Waals surface area contributed by atoms with Crippen molar-refractivity contribution in [3.05, 3.63) is 58.4 Å². The highest BCUT2D eigenvalue weighted by Gasteiger charge is 2.09. The molecule has 0 atom stereocenters. The van der Waals surface area contributed by atoms with Crippen LogP contribution in [0.25, 0.3) is 0 Å². The van der Waals surface area contributed by atoms with Gasteiger partial charge in [-0.2, -0.15) is 0 Å². The van der Waals surface area contributed by atoms with E-state index in [1.54, 1.807) is 37.3 Å².